The number of amides is 2. The minimum absolute atomic E-state index is 0.0666. The first-order chi connectivity index (χ1) is 14.7. The Balaban J connectivity index is 2.03. The third-order valence-electron chi connectivity index (χ3n) is 4.99. The number of likely N-dealkylation sites (N-methyl/N-ethyl adjacent to an activating group) is 1. The predicted molar refractivity (Wildman–Crippen MR) is 116 cm³/mol. The normalized spacial score (nSPS) is 12.4. The number of carbonyl (C=O) groups excluding carboxylic acids is 2. The van der Waals surface area contributed by atoms with Crippen molar-refractivity contribution < 1.29 is 22.4 Å². The number of sulfonamides is 1. The molecule has 1 atom stereocenters. The Morgan fingerprint density at radius 1 is 1.06 bits per heavy atom. The van der Waals surface area contributed by atoms with Crippen LogP contribution >= 0.6 is 0 Å². The maximum absolute atomic E-state index is 13.2. The van der Waals surface area contributed by atoms with E-state index in [2.05, 4.69) is 5.32 Å². The lowest BCUT2D eigenvalue weighted by Crippen LogP contribution is -2.46. The van der Waals surface area contributed by atoms with Crippen molar-refractivity contribution in [1.29, 1.82) is 0 Å². The first-order valence-electron chi connectivity index (χ1n) is 9.93. The van der Waals surface area contributed by atoms with Gasteiger partial charge in [-0.15, -0.1) is 0 Å². The van der Waals surface area contributed by atoms with Gasteiger partial charge in [0, 0.05) is 33.6 Å². The molecular formula is C22H28FN3O4S. The molecule has 2 amide bonds. The zero-order chi connectivity index (χ0) is 23.0. The van der Waals surface area contributed by atoms with E-state index in [0.29, 0.717) is 12.0 Å². The van der Waals surface area contributed by atoms with Crippen LogP contribution < -0.4 is 5.32 Å². The van der Waals surface area contributed by atoms with Crippen LogP contribution in [0.5, 0.6) is 0 Å². The SMILES string of the molecule is CNC(=O)C(C)N(Cc1ccc(F)cc1)C(=O)CCCN(C)S(=O)(=O)c1ccccc1. The van der Waals surface area contributed by atoms with Gasteiger partial charge in [-0.25, -0.2) is 17.1 Å². The summed E-state index contributed by atoms with van der Waals surface area (Å²) in [5, 5.41) is 2.53. The quantitative estimate of drug-likeness (QED) is 0.603. The number of carbonyl (C=O) groups is 2. The molecule has 7 nitrogen and oxygen atoms in total. The van der Waals surface area contributed by atoms with Crippen molar-refractivity contribution in [3.63, 3.8) is 0 Å². The molecule has 2 rings (SSSR count). The van der Waals surface area contributed by atoms with Crippen LogP contribution in [0.3, 0.4) is 0 Å². The second kappa shape index (κ2) is 11.0. The summed E-state index contributed by atoms with van der Waals surface area (Å²) in [4.78, 5) is 26.6. The maximum atomic E-state index is 13.2. The van der Waals surface area contributed by atoms with Crippen LogP contribution in [0.15, 0.2) is 59.5 Å². The minimum atomic E-state index is -3.63. The van der Waals surface area contributed by atoms with E-state index in [1.54, 1.807) is 37.3 Å². The monoisotopic (exact) mass is 449 g/mol. The molecule has 0 radical (unpaired) electrons. The molecular weight excluding hydrogens is 421 g/mol. The van der Waals surface area contributed by atoms with Gasteiger partial charge < -0.3 is 10.2 Å². The second-order valence-electron chi connectivity index (χ2n) is 7.18. The largest absolute Gasteiger partial charge is 0.357 e. The summed E-state index contributed by atoms with van der Waals surface area (Å²) in [7, 11) is -0.677. The first-order valence-corrected chi connectivity index (χ1v) is 11.4. The maximum Gasteiger partial charge on any atom is 0.242 e. The van der Waals surface area contributed by atoms with Crippen molar-refractivity contribution in [2.45, 2.75) is 37.2 Å². The minimum Gasteiger partial charge on any atom is -0.357 e. The lowest BCUT2D eigenvalue weighted by molar-refractivity contribution is -0.140. The molecule has 9 heteroatoms. The highest BCUT2D eigenvalue weighted by Crippen LogP contribution is 2.16. The fourth-order valence-electron chi connectivity index (χ4n) is 3.07. The van der Waals surface area contributed by atoms with E-state index < -0.39 is 16.1 Å². The number of halogens is 1. The lowest BCUT2D eigenvalue weighted by atomic mass is 10.1. The zero-order valence-electron chi connectivity index (χ0n) is 17.9. The number of rotatable bonds is 10. The molecule has 0 aliphatic heterocycles. The van der Waals surface area contributed by atoms with Crippen molar-refractivity contribution >= 4 is 21.8 Å². The first kappa shape index (κ1) is 24.5. The zero-order valence-corrected chi connectivity index (χ0v) is 18.7. The van der Waals surface area contributed by atoms with Crippen molar-refractivity contribution in [2.75, 3.05) is 20.6 Å². The van der Waals surface area contributed by atoms with Crippen LogP contribution in [0.25, 0.3) is 0 Å². The molecule has 1 unspecified atom stereocenters. The molecule has 31 heavy (non-hydrogen) atoms. The van der Waals surface area contributed by atoms with Gasteiger partial charge in [0.1, 0.15) is 11.9 Å². The summed E-state index contributed by atoms with van der Waals surface area (Å²) in [6.45, 7) is 1.92. The van der Waals surface area contributed by atoms with Crippen molar-refractivity contribution in [1.82, 2.24) is 14.5 Å². The summed E-state index contributed by atoms with van der Waals surface area (Å²) < 4.78 is 39.6. The molecule has 1 N–H and O–H groups in total. The van der Waals surface area contributed by atoms with Crippen LogP contribution in [0.1, 0.15) is 25.3 Å². The van der Waals surface area contributed by atoms with Gasteiger partial charge in [0.25, 0.3) is 0 Å². The van der Waals surface area contributed by atoms with Gasteiger partial charge in [-0.2, -0.15) is 0 Å². The summed E-state index contributed by atoms with van der Waals surface area (Å²) in [5.74, 6) is -0.992. The summed E-state index contributed by atoms with van der Waals surface area (Å²) in [6.07, 6.45) is 0.360. The summed E-state index contributed by atoms with van der Waals surface area (Å²) >= 11 is 0. The van der Waals surface area contributed by atoms with Crippen LogP contribution in [0, 0.1) is 5.82 Å². The molecule has 0 heterocycles. The van der Waals surface area contributed by atoms with Gasteiger partial charge in [0.2, 0.25) is 21.8 Å². The van der Waals surface area contributed by atoms with Gasteiger partial charge >= 0.3 is 0 Å². The van der Waals surface area contributed by atoms with Gasteiger partial charge in [-0.05, 0) is 43.2 Å². The third kappa shape index (κ3) is 6.60. The molecule has 0 bridgehead atoms. The van der Waals surface area contributed by atoms with Crippen LogP contribution in [0.2, 0.25) is 0 Å². The molecule has 0 aliphatic rings. The predicted octanol–water partition coefficient (Wildman–Crippen LogP) is 2.39. The smallest absolute Gasteiger partial charge is 0.242 e. The molecule has 168 valence electrons. The molecule has 2 aromatic rings. The molecule has 0 aromatic heterocycles. The molecule has 0 saturated heterocycles. The standard InChI is InChI=1S/C22H28FN3O4S/c1-17(22(28)24-2)26(16-18-11-13-19(23)14-12-18)21(27)10-7-15-25(3)31(29,30)20-8-5-4-6-9-20/h4-6,8-9,11-14,17H,7,10,15-16H2,1-3H3,(H,24,28). The topological polar surface area (TPSA) is 86.8 Å². The Morgan fingerprint density at radius 3 is 2.26 bits per heavy atom. The van der Waals surface area contributed by atoms with Gasteiger partial charge in [0.05, 0.1) is 4.90 Å². The highest BCUT2D eigenvalue weighted by Gasteiger charge is 2.26. The number of hydrogen-bond acceptors (Lipinski definition) is 4. The Bertz CT molecular complexity index is 982. The van der Waals surface area contributed by atoms with Crippen molar-refractivity contribution in [3.05, 3.63) is 66.0 Å². The van der Waals surface area contributed by atoms with Gasteiger partial charge in [-0.3, -0.25) is 9.59 Å². The van der Waals surface area contributed by atoms with E-state index in [9.17, 15) is 22.4 Å². The van der Waals surface area contributed by atoms with Crippen LogP contribution in [-0.2, 0) is 26.2 Å². The van der Waals surface area contributed by atoms with E-state index in [-0.39, 0.29) is 42.0 Å². The number of benzene rings is 2. The van der Waals surface area contributed by atoms with Gasteiger partial charge in [0.15, 0.2) is 0 Å². The van der Waals surface area contributed by atoms with E-state index in [0.717, 1.165) is 0 Å². The molecule has 0 spiro atoms. The van der Waals surface area contributed by atoms with E-state index in [4.69, 9.17) is 0 Å². The van der Waals surface area contributed by atoms with Crippen LogP contribution in [0.4, 0.5) is 4.39 Å². The average Bonchev–Trinajstić information content (AvgIpc) is 2.77. The van der Waals surface area contributed by atoms with E-state index in [1.807, 2.05) is 0 Å². The second-order valence-corrected chi connectivity index (χ2v) is 9.23. The number of hydrogen-bond donors (Lipinski definition) is 1. The molecule has 0 saturated carbocycles. The fraction of sp³-hybridized carbons (Fsp3) is 0.364. The average molecular weight is 450 g/mol. The summed E-state index contributed by atoms with van der Waals surface area (Å²) in [5.41, 5.74) is 0.689. The molecule has 2 aromatic carbocycles. The van der Waals surface area contributed by atoms with Crippen molar-refractivity contribution in [3.8, 4) is 0 Å². The number of nitrogens with zero attached hydrogens (tertiary/aromatic N) is 2. The highest BCUT2D eigenvalue weighted by molar-refractivity contribution is 7.89. The Labute approximate surface area is 182 Å². The Hall–Kier alpha value is -2.78. The lowest BCUT2D eigenvalue weighted by Gasteiger charge is -2.28. The fourth-order valence-corrected chi connectivity index (χ4v) is 4.30. The van der Waals surface area contributed by atoms with E-state index in [1.165, 1.54) is 47.6 Å². The highest BCUT2D eigenvalue weighted by atomic mass is 32.2. The third-order valence-corrected chi connectivity index (χ3v) is 6.87. The van der Waals surface area contributed by atoms with E-state index >= 15 is 0 Å². The number of nitrogens with one attached hydrogen (secondary N) is 1. The Morgan fingerprint density at radius 2 is 1.68 bits per heavy atom. The Kier molecular flexibility index (Phi) is 8.70. The molecule has 0 aliphatic carbocycles. The summed E-state index contributed by atoms with van der Waals surface area (Å²) in [6, 6.07) is 13.1. The van der Waals surface area contributed by atoms with Crippen molar-refractivity contribution in [2.24, 2.45) is 0 Å². The van der Waals surface area contributed by atoms with Crippen LogP contribution in [-0.4, -0.2) is 56.1 Å². The van der Waals surface area contributed by atoms with Gasteiger partial charge in [-0.1, -0.05) is 30.3 Å². The molecule has 0 fully saturated rings.